The lowest BCUT2D eigenvalue weighted by atomic mass is 10.1. The van der Waals surface area contributed by atoms with Gasteiger partial charge in [-0.3, -0.25) is 19.9 Å². The summed E-state index contributed by atoms with van der Waals surface area (Å²) in [4.78, 5) is 31.3. The highest BCUT2D eigenvalue weighted by Crippen LogP contribution is 2.27. The summed E-state index contributed by atoms with van der Waals surface area (Å²) in [6.45, 7) is 0. The quantitative estimate of drug-likeness (QED) is 0.438. The van der Waals surface area contributed by atoms with Crippen molar-refractivity contribution in [2.45, 2.75) is 0 Å². The summed E-state index contributed by atoms with van der Waals surface area (Å²) in [7, 11) is 0. The van der Waals surface area contributed by atoms with E-state index in [1.165, 1.54) is 24.4 Å². The van der Waals surface area contributed by atoms with Crippen LogP contribution in [0.15, 0.2) is 55.0 Å². The van der Waals surface area contributed by atoms with E-state index < -0.39 is 10.7 Å². The van der Waals surface area contributed by atoms with Gasteiger partial charge in [0.05, 0.1) is 16.0 Å². The highest BCUT2D eigenvalue weighted by molar-refractivity contribution is 7.17. The Hall–Kier alpha value is -3.13. The molecule has 1 N–H and O–H groups in total. The molecule has 1 aromatic carbocycles. The van der Waals surface area contributed by atoms with Crippen LogP contribution in [0.25, 0.3) is 0 Å². The van der Waals surface area contributed by atoms with Crippen molar-refractivity contribution < 1.29 is 9.72 Å². The standard InChI is InChI=1S/C15H10N4O3S/c20-14(11-3-1-2-4-12(11)19(21)22)13-9-17-15(23-13)18-10-5-7-16-8-6-10/h1-9H,(H,16,17,18). The number of ketones is 1. The van der Waals surface area contributed by atoms with Gasteiger partial charge in [0, 0.05) is 24.1 Å². The fourth-order valence-electron chi connectivity index (χ4n) is 1.95. The van der Waals surface area contributed by atoms with Crippen molar-refractivity contribution in [3.63, 3.8) is 0 Å². The highest BCUT2D eigenvalue weighted by atomic mass is 32.1. The Morgan fingerprint density at radius 2 is 1.91 bits per heavy atom. The predicted molar refractivity (Wildman–Crippen MR) is 86.2 cm³/mol. The third-order valence-corrected chi connectivity index (χ3v) is 3.92. The number of hydrogen-bond donors (Lipinski definition) is 1. The molecule has 0 aliphatic rings. The SMILES string of the molecule is O=C(c1cnc(Nc2ccncc2)s1)c1ccccc1[N+](=O)[O-]. The Balaban J connectivity index is 1.86. The van der Waals surface area contributed by atoms with Crippen molar-refractivity contribution in [1.82, 2.24) is 9.97 Å². The molecular weight excluding hydrogens is 316 g/mol. The van der Waals surface area contributed by atoms with E-state index in [-0.39, 0.29) is 11.3 Å². The largest absolute Gasteiger partial charge is 0.331 e. The Kier molecular flexibility index (Phi) is 4.07. The molecule has 2 aromatic heterocycles. The number of thiazole rings is 1. The molecule has 7 nitrogen and oxygen atoms in total. The van der Waals surface area contributed by atoms with Crippen LogP contribution in [0.2, 0.25) is 0 Å². The van der Waals surface area contributed by atoms with Crippen molar-refractivity contribution >= 4 is 33.6 Å². The molecule has 3 rings (SSSR count). The lowest BCUT2D eigenvalue weighted by Gasteiger charge is -2.00. The number of nitro benzene ring substituents is 1. The van der Waals surface area contributed by atoms with Crippen LogP contribution >= 0.6 is 11.3 Å². The lowest BCUT2D eigenvalue weighted by molar-refractivity contribution is -0.385. The van der Waals surface area contributed by atoms with Gasteiger partial charge >= 0.3 is 0 Å². The van der Waals surface area contributed by atoms with Gasteiger partial charge in [-0.15, -0.1) is 0 Å². The third-order valence-electron chi connectivity index (χ3n) is 3.01. The number of nitrogens with one attached hydrogen (secondary N) is 1. The van der Waals surface area contributed by atoms with E-state index in [9.17, 15) is 14.9 Å². The zero-order chi connectivity index (χ0) is 16.2. The number of hydrogen-bond acceptors (Lipinski definition) is 7. The van der Waals surface area contributed by atoms with Gasteiger partial charge in [-0.05, 0) is 18.2 Å². The van der Waals surface area contributed by atoms with E-state index in [1.54, 1.807) is 30.6 Å². The summed E-state index contributed by atoms with van der Waals surface area (Å²) < 4.78 is 0. The smallest absolute Gasteiger partial charge is 0.280 e. The van der Waals surface area contributed by atoms with Crippen LogP contribution in [-0.4, -0.2) is 20.7 Å². The van der Waals surface area contributed by atoms with Gasteiger partial charge in [-0.25, -0.2) is 4.98 Å². The van der Waals surface area contributed by atoms with E-state index in [0.29, 0.717) is 10.0 Å². The summed E-state index contributed by atoms with van der Waals surface area (Å²) in [5.41, 5.74) is 0.630. The Morgan fingerprint density at radius 1 is 1.17 bits per heavy atom. The highest BCUT2D eigenvalue weighted by Gasteiger charge is 2.22. The number of aromatic nitrogens is 2. The van der Waals surface area contributed by atoms with Crippen LogP contribution in [0.1, 0.15) is 15.2 Å². The minimum Gasteiger partial charge on any atom is -0.331 e. The Bertz CT molecular complexity index is 864. The Labute approximate surface area is 134 Å². The molecule has 0 fully saturated rings. The molecule has 0 amide bonds. The van der Waals surface area contributed by atoms with Gasteiger partial charge < -0.3 is 5.32 Å². The first kappa shape index (κ1) is 14.8. The van der Waals surface area contributed by atoms with Crippen LogP contribution in [0.3, 0.4) is 0 Å². The molecule has 114 valence electrons. The average molecular weight is 326 g/mol. The van der Waals surface area contributed by atoms with Crippen LogP contribution < -0.4 is 5.32 Å². The summed E-state index contributed by atoms with van der Waals surface area (Å²) in [6, 6.07) is 9.41. The first-order valence-corrected chi connectivity index (χ1v) is 7.38. The van der Waals surface area contributed by atoms with E-state index in [0.717, 1.165) is 17.0 Å². The molecule has 0 saturated carbocycles. The Morgan fingerprint density at radius 3 is 2.65 bits per heavy atom. The molecule has 0 aliphatic carbocycles. The molecule has 0 unspecified atom stereocenters. The number of carbonyl (C=O) groups is 1. The third kappa shape index (κ3) is 3.22. The number of pyridine rings is 1. The topological polar surface area (TPSA) is 98.0 Å². The molecule has 0 atom stereocenters. The van der Waals surface area contributed by atoms with E-state index in [1.807, 2.05) is 0 Å². The van der Waals surface area contributed by atoms with Gasteiger partial charge in [-0.1, -0.05) is 23.5 Å². The first-order valence-electron chi connectivity index (χ1n) is 6.56. The zero-order valence-corrected chi connectivity index (χ0v) is 12.5. The van der Waals surface area contributed by atoms with E-state index in [4.69, 9.17) is 0 Å². The number of nitrogens with zero attached hydrogens (tertiary/aromatic N) is 3. The molecule has 0 saturated heterocycles. The van der Waals surface area contributed by atoms with Crippen molar-refractivity contribution in [3.8, 4) is 0 Å². The number of benzene rings is 1. The maximum atomic E-state index is 12.5. The molecule has 0 spiro atoms. The molecule has 23 heavy (non-hydrogen) atoms. The van der Waals surface area contributed by atoms with Crippen molar-refractivity contribution in [3.05, 3.63) is 75.5 Å². The summed E-state index contributed by atoms with van der Waals surface area (Å²) in [5.74, 6) is -0.419. The predicted octanol–water partition coefficient (Wildman–Crippen LogP) is 3.42. The molecule has 8 heteroatoms. The van der Waals surface area contributed by atoms with Crippen LogP contribution in [0.4, 0.5) is 16.5 Å². The summed E-state index contributed by atoms with van der Waals surface area (Å²) in [5, 5.41) is 14.6. The fraction of sp³-hybridized carbons (Fsp3) is 0. The van der Waals surface area contributed by atoms with E-state index in [2.05, 4.69) is 15.3 Å². The van der Waals surface area contributed by atoms with Gasteiger partial charge in [-0.2, -0.15) is 0 Å². The molecular formula is C15H10N4O3S. The summed E-state index contributed by atoms with van der Waals surface area (Å²) in [6.07, 6.45) is 4.68. The van der Waals surface area contributed by atoms with Crippen LogP contribution in [-0.2, 0) is 0 Å². The second-order valence-corrected chi connectivity index (χ2v) is 5.52. The minimum absolute atomic E-state index is 0.0524. The van der Waals surface area contributed by atoms with Crippen molar-refractivity contribution in [2.75, 3.05) is 5.32 Å². The lowest BCUT2D eigenvalue weighted by Crippen LogP contribution is -2.03. The first-order chi connectivity index (χ1) is 11.1. The van der Waals surface area contributed by atoms with E-state index >= 15 is 0 Å². The van der Waals surface area contributed by atoms with Gasteiger partial charge in [0.2, 0.25) is 5.78 Å². The molecule has 2 heterocycles. The van der Waals surface area contributed by atoms with Crippen LogP contribution in [0.5, 0.6) is 0 Å². The maximum Gasteiger partial charge on any atom is 0.280 e. The minimum atomic E-state index is -0.565. The maximum absolute atomic E-state index is 12.5. The number of anilines is 2. The zero-order valence-electron chi connectivity index (χ0n) is 11.7. The van der Waals surface area contributed by atoms with Gasteiger partial charge in [0.1, 0.15) is 5.56 Å². The molecule has 0 radical (unpaired) electrons. The number of nitro groups is 1. The second-order valence-electron chi connectivity index (χ2n) is 4.49. The monoisotopic (exact) mass is 326 g/mol. The fourth-order valence-corrected chi connectivity index (χ4v) is 2.74. The number of para-hydroxylation sites is 1. The van der Waals surface area contributed by atoms with Crippen molar-refractivity contribution in [1.29, 1.82) is 0 Å². The number of rotatable bonds is 5. The number of carbonyl (C=O) groups excluding carboxylic acids is 1. The van der Waals surface area contributed by atoms with Crippen LogP contribution in [0, 0.1) is 10.1 Å². The normalized spacial score (nSPS) is 10.3. The molecule has 0 aliphatic heterocycles. The molecule has 3 aromatic rings. The van der Waals surface area contributed by atoms with Gasteiger partial charge in [0.15, 0.2) is 5.13 Å². The van der Waals surface area contributed by atoms with Crippen molar-refractivity contribution in [2.24, 2.45) is 0 Å². The average Bonchev–Trinajstić information content (AvgIpc) is 3.03. The van der Waals surface area contributed by atoms with Gasteiger partial charge in [0.25, 0.3) is 5.69 Å². The molecule has 0 bridgehead atoms. The second kappa shape index (κ2) is 6.32. The summed E-state index contributed by atoms with van der Waals surface area (Å²) >= 11 is 1.14.